The van der Waals surface area contributed by atoms with Crippen molar-refractivity contribution in [2.24, 2.45) is 0 Å². The maximum Gasteiger partial charge on any atom is 0.0658 e. The van der Waals surface area contributed by atoms with E-state index in [1.165, 1.54) is 16.8 Å². The summed E-state index contributed by atoms with van der Waals surface area (Å²) in [6.45, 7) is 1.63. The zero-order chi connectivity index (χ0) is 19.6. The number of nitrogens with zero attached hydrogens (tertiary/aromatic N) is 2. The summed E-state index contributed by atoms with van der Waals surface area (Å²) in [5, 5.41) is 0. The molecular weight excluding hydrogens is 356 g/mol. The fourth-order valence-electron chi connectivity index (χ4n) is 4.39. The summed E-state index contributed by atoms with van der Waals surface area (Å²) in [5.41, 5.74) is 6.26. The van der Waals surface area contributed by atoms with E-state index in [-0.39, 0.29) is 0 Å². The SMILES string of the molecule is CN1C2C=C(c3ccc(N(c4ccccc4)c4ccccc4)cc3)CC1COC2. The molecule has 2 heterocycles. The van der Waals surface area contributed by atoms with Crippen LogP contribution in [0.1, 0.15) is 12.0 Å². The van der Waals surface area contributed by atoms with E-state index in [1.807, 2.05) is 0 Å². The van der Waals surface area contributed by atoms with Gasteiger partial charge in [0.15, 0.2) is 0 Å². The number of rotatable bonds is 4. The molecule has 2 aliphatic heterocycles. The Kier molecular flexibility index (Phi) is 4.92. The van der Waals surface area contributed by atoms with Crippen LogP contribution < -0.4 is 4.90 Å². The molecule has 0 amide bonds. The highest BCUT2D eigenvalue weighted by Gasteiger charge is 2.32. The minimum Gasteiger partial charge on any atom is -0.378 e. The fraction of sp³-hybridized carbons (Fsp3) is 0.231. The molecule has 29 heavy (non-hydrogen) atoms. The van der Waals surface area contributed by atoms with Gasteiger partial charge < -0.3 is 9.64 Å². The molecule has 0 N–H and O–H groups in total. The van der Waals surface area contributed by atoms with E-state index in [2.05, 4.69) is 108 Å². The topological polar surface area (TPSA) is 15.7 Å². The van der Waals surface area contributed by atoms with Crippen LogP contribution in [0.5, 0.6) is 0 Å². The van der Waals surface area contributed by atoms with Gasteiger partial charge in [0.25, 0.3) is 0 Å². The molecule has 2 aliphatic rings. The van der Waals surface area contributed by atoms with Crippen LogP contribution in [0.4, 0.5) is 17.1 Å². The number of hydrogen-bond acceptors (Lipinski definition) is 3. The van der Waals surface area contributed by atoms with E-state index in [0.29, 0.717) is 12.1 Å². The van der Waals surface area contributed by atoms with Crippen LogP contribution in [-0.4, -0.2) is 37.2 Å². The Bertz CT molecular complexity index is 943. The molecule has 3 aromatic carbocycles. The lowest BCUT2D eigenvalue weighted by molar-refractivity contribution is -0.0221. The van der Waals surface area contributed by atoms with Gasteiger partial charge in [0, 0.05) is 23.1 Å². The van der Waals surface area contributed by atoms with Crippen molar-refractivity contribution in [1.82, 2.24) is 4.90 Å². The third-order valence-electron chi connectivity index (χ3n) is 6.07. The van der Waals surface area contributed by atoms with Crippen molar-refractivity contribution < 1.29 is 4.74 Å². The quantitative estimate of drug-likeness (QED) is 0.580. The highest BCUT2D eigenvalue weighted by Crippen LogP contribution is 2.36. The first-order valence-electron chi connectivity index (χ1n) is 10.3. The van der Waals surface area contributed by atoms with Crippen LogP contribution in [-0.2, 0) is 4.74 Å². The fourth-order valence-corrected chi connectivity index (χ4v) is 4.39. The molecule has 0 radical (unpaired) electrons. The van der Waals surface area contributed by atoms with Crippen molar-refractivity contribution >= 4 is 22.6 Å². The van der Waals surface area contributed by atoms with Gasteiger partial charge in [-0.1, -0.05) is 54.6 Å². The molecule has 2 atom stereocenters. The highest BCUT2D eigenvalue weighted by molar-refractivity contribution is 5.78. The first kappa shape index (κ1) is 18.2. The molecule has 146 valence electrons. The van der Waals surface area contributed by atoms with Gasteiger partial charge in [0.2, 0.25) is 0 Å². The summed E-state index contributed by atoms with van der Waals surface area (Å²) in [5.74, 6) is 0. The average molecular weight is 383 g/mol. The van der Waals surface area contributed by atoms with E-state index >= 15 is 0 Å². The number of para-hydroxylation sites is 2. The second-order valence-corrected chi connectivity index (χ2v) is 7.87. The van der Waals surface area contributed by atoms with E-state index in [1.54, 1.807) is 0 Å². The second-order valence-electron chi connectivity index (χ2n) is 7.87. The zero-order valence-corrected chi connectivity index (χ0v) is 16.7. The standard InChI is InChI=1S/C26H26N2O/c1-27-25-16-21(17-26(27)19-29-18-25)20-12-14-24(15-13-20)28(22-8-4-2-5-9-22)23-10-6-3-7-11-23/h2-16,25-26H,17-19H2,1H3. The summed E-state index contributed by atoms with van der Waals surface area (Å²) in [7, 11) is 2.21. The van der Waals surface area contributed by atoms with Crippen molar-refractivity contribution in [1.29, 1.82) is 0 Å². The number of hydrogen-bond donors (Lipinski definition) is 0. The third-order valence-corrected chi connectivity index (χ3v) is 6.07. The second kappa shape index (κ2) is 7.86. The normalized spacial score (nSPS) is 21.5. The lowest BCUT2D eigenvalue weighted by atomic mass is 9.90. The Morgan fingerprint density at radius 1 is 0.759 bits per heavy atom. The van der Waals surface area contributed by atoms with Crippen molar-refractivity contribution in [2.45, 2.75) is 18.5 Å². The number of morpholine rings is 1. The average Bonchev–Trinajstić information content (AvgIpc) is 2.76. The van der Waals surface area contributed by atoms with Crippen LogP contribution in [0.2, 0.25) is 0 Å². The molecule has 0 aliphatic carbocycles. The molecule has 2 bridgehead atoms. The third kappa shape index (κ3) is 3.59. The summed E-state index contributed by atoms with van der Waals surface area (Å²) in [6.07, 6.45) is 3.43. The van der Waals surface area contributed by atoms with E-state index in [4.69, 9.17) is 4.74 Å². The predicted molar refractivity (Wildman–Crippen MR) is 120 cm³/mol. The maximum absolute atomic E-state index is 5.75. The molecule has 3 nitrogen and oxygen atoms in total. The Balaban J connectivity index is 1.48. The Labute approximate surface area is 172 Å². The van der Waals surface area contributed by atoms with Crippen LogP contribution in [0.25, 0.3) is 5.57 Å². The van der Waals surface area contributed by atoms with Crippen molar-refractivity contribution in [3.63, 3.8) is 0 Å². The summed E-state index contributed by atoms with van der Waals surface area (Å²) < 4.78 is 5.75. The lowest BCUT2D eigenvalue weighted by Crippen LogP contribution is -2.51. The van der Waals surface area contributed by atoms with Crippen molar-refractivity contribution in [3.05, 3.63) is 96.6 Å². The molecule has 0 saturated carbocycles. The number of likely N-dealkylation sites (N-methyl/N-ethyl adjacent to an activating group) is 1. The Hall–Kier alpha value is -2.88. The minimum atomic E-state index is 0.391. The molecule has 0 spiro atoms. The lowest BCUT2D eigenvalue weighted by Gasteiger charge is -2.42. The van der Waals surface area contributed by atoms with Gasteiger partial charge in [-0.3, -0.25) is 4.90 Å². The molecule has 1 saturated heterocycles. The summed E-state index contributed by atoms with van der Waals surface area (Å²) in [4.78, 5) is 4.75. The van der Waals surface area contributed by atoms with Crippen LogP contribution in [0, 0.1) is 0 Å². The molecule has 3 aromatic rings. The number of fused-ring (bicyclic) bond motifs is 2. The van der Waals surface area contributed by atoms with Crippen molar-refractivity contribution in [3.8, 4) is 0 Å². The van der Waals surface area contributed by atoms with E-state index in [9.17, 15) is 0 Å². The smallest absolute Gasteiger partial charge is 0.0658 e. The van der Waals surface area contributed by atoms with Gasteiger partial charge in [-0.2, -0.15) is 0 Å². The van der Waals surface area contributed by atoms with Crippen LogP contribution in [0.3, 0.4) is 0 Å². The van der Waals surface area contributed by atoms with Crippen LogP contribution in [0.15, 0.2) is 91.0 Å². The zero-order valence-electron chi connectivity index (χ0n) is 16.7. The molecule has 2 unspecified atom stereocenters. The van der Waals surface area contributed by atoms with Gasteiger partial charge in [-0.25, -0.2) is 0 Å². The Morgan fingerprint density at radius 2 is 1.34 bits per heavy atom. The summed E-state index contributed by atoms with van der Waals surface area (Å²) in [6, 6.07) is 31.0. The maximum atomic E-state index is 5.75. The number of benzene rings is 3. The van der Waals surface area contributed by atoms with Gasteiger partial charge in [0.05, 0.1) is 19.3 Å². The van der Waals surface area contributed by atoms with Gasteiger partial charge in [0.1, 0.15) is 0 Å². The first-order valence-corrected chi connectivity index (χ1v) is 10.3. The molecule has 3 heteroatoms. The Morgan fingerprint density at radius 3 is 1.93 bits per heavy atom. The van der Waals surface area contributed by atoms with Crippen LogP contribution >= 0.6 is 0 Å². The molecule has 5 rings (SSSR count). The molecule has 0 aromatic heterocycles. The van der Waals surface area contributed by atoms with Gasteiger partial charge in [-0.05, 0) is 61.0 Å². The van der Waals surface area contributed by atoms with Crippen molar-refractivity contribution in [2.75, 3.05) is 25.2 Å². The molecule has 1 fully saturated rings. The monoisotopic (exact) mass is 382 g/mol. The minimum absolute atomic E-state index is 0.391. The van der Waals surface area contributed by atoms with Gasteiger partial charge >= 0.3 is 0 Å². The number of ether oxygens (including phenoxy) is 1. The largest absolute Gasteiger partial charge is 0.378 e. The molecular formula is C26H26N2O. The number of anilines is 3. The first-order chi connectivity index (χ1) is 14.3. The van der Waals surface area contributed by atoms with E-state index in [0.717, 1.165) is 31.0 Å². The summed E-state index contributed by atoms with van der Waals surface area (Å²) >= 11 is 0. The predicted octanol–water partition coefficient (Wildman–Crippen LogP) is 5.64. The van der Waals surface area contributed by atoms with E-state index < -0.39 is 0 Å². The highest BCUT2D eigenvalue weighted by atomic mass is 16.5. The van der Waals surface area contributed by atoms with Gasteiger partial charge in [-0.15, -0.1) is 0 Å².